The smallest absolute Gasteiger partial charge is 0.295 e. The van der Waals surface area contributed by atoms with Crippen molar-refractivity contribution in [2.24, 2.45) is 0 Å². The Kier molecular flexibility index (Phi) is 6.29. The van der Waals surface area contributed by atoms with Crippen LogP contribution in [0.3, 0.4) is 0 Å². The molecule has 0 bridgehead atoms. The predicted octanol–water partition coefficient (Wildman–Crippen LogP) is 2.46. The topological polar surface area (TPSA) is 83.0 Å². The molecule has 1 aliphatic rings. The van der Waals surface area contributed by atoms with Gasteiger partial charge < -0.3 is 19.6 Å². The van der Waals surface area contributed by atoms with Gasteiger partial charge in [-0.25, -0.2) is 0 Å². The van der Waals surface area contributed by atoms with E-state index in [9.17, 15) is 14.7 Å². The van der Waals surface area contributed by atoms with E-state index >= 15 is 0 Å². The Morgan fingerprint density at radius 2 is 1.93 bits per heavy atom. The Bertz CT molecular complexity index is 925. The molecule has 1 aromatic carbocycles. The number of hydrogen-bond acceptors (Lipinski definition) is 6. The van der Waals surface area contributed by atoms with Crippen molar-refractivity contribution in [1.82, 2.24) is 14.8 Å². The third kappa shape index (κ3) is 4.30. The van der Waals surface area contributed by atoms with Gasteiger partial charge in [0.25, 0.3) is 11.7 Å². The molecule has 1 atom stereocenters. The van der Waals surface area contributed by atoms with Crippen LogP contribution in [0.4, 0.5) is 0 Å². The van der Waals surface area contributed by atoms with Gasteiger partial charge in [0.05, 0.1) is 18.2 Å². The first kappa shape index (κ1) is 20.5. The average Bonchev–Trinajstić information content (AvgIpc) is 2.97. The molecule has 1 saturated heterocycles. The average molecular weight is 395 g/mol. The lowest BCUT2D eigenvalue weighted by atomic mass is 9.96. The third-order valence-corrected chi connectivity index (χ3v) is 4.77. The van der Waals surface area contributed by atoms with Crippen LogP contribution in [0.2, 0.25) is 0 Å². The molecule has 2 aromatic rings. The molecular weight excluding hydrogens is 370 g/mol. The summed E-state index contributed by atoms with van der Waals surface area (Å²) in [4.78, 5) is 33.2. The summed E-state index contributed by atoms with van der Waals surface area (Å²) in [5, 5.41) is 11.0. The molecule has 7 nitrogen and oxygen atoms in total. The highest BCUT2D eigenvalue weighted by atomic mass is 16.5. The Labute approximate surface area is 170 Å². The zero-order chi connectivity index (χ0) is 21.0. The predicted molar refractivity (Wildman–Crippen MR) is 109 cm³/mol. The molecule has 7 heteroatoms. The molecule has 0 unspecified atom stereocenters. The summed E-state index contributed by atoms with van der Waals surface area (Å²) in [6.07, 6.45) is 3.22. The fourth-order valence-corrected chi connectivity index (χ4v) is 3.37. The Hall–Kier alpha value is -3.19. The van der Waals surface area contributed by atoms with E-state index in [1.807, 2.05) is 25.9 Å². The number of ketones is 1. The first-order valence-corrected chi connectivity index (χ1v) is 9.50. The molecule has 0 aliphatic carbocycles. The third-order valence-electron chi connectivity index (χ3n) is 4.77. The molecule has 2 heterocycles. The quantitative estimate of drug-likeness (QED) is 0.441. The second-order valence-corrected chi connectivity index (χ2v) is 7.04. The van der Waals surface area contributed by atoms with Gasteiger partial charge in [-0.3, -0.25) is 14.6 Å². The van der Waals surface area contributed by atoms with Crippen molar-refractivity contribution in [1.29, 1.82) is 0 Å². The van der Waals surface area contributed by atoms with Crippen LogP contribution in [0, 0.1) is 0 Å². The number of carbonyl (C=O) groups excluding carboxylic acids is 2. The fourth-order valence-electron chi connectivity index (χ4n) is 3.37. The van der Waals surface area contributed by atoms with E-state index < -0.39 is 17.7 Å². The first-order chi connectivity index (χ1) is 13.9. The summed E-state index contributed by atoms with van der Waals surface area (Å²) in [5.74, 6) is -0.932. The zero-order valence-corrected chi connectivity index (χ0v) is 16.8. The fraction of sp³-hybridized carbons (Fsp3) is 0.318. The number of Topliss-reactive ketones (excluding diaryl/α,β-unsaturated/α-hetero) is 1. The molecule has 1 fully saturated rings. The van der Waals surface area contributed by atoms with Crippen molar-refractivity contribution in [2.45, 2.75) is 13.0 Å². The number of hydrogen-bond donors (Lipinski definition) is 1. The minimum absolute atomic E-state index is 0.0774. The SMILES string of the molecule is CCOc1cccc(C(O)=C2C(=O)C(=O)N(CCN(C)C)[C@H]2c2ccncc2)c1. The van der Waals surface area contributed by atoms with E-state index in [4.69, 9.17) is 4.74 Å². The maximum Gasteiger partial charge on any atom is 0.295 e. The van der Waals surface area contributed by atoms with Crippen molar-refractivity contribution in [3.05, 3.63) is 65.5 Å². The maximum absolute atomic E-state index is 12.9. The largest absolute Gasteiger partial charge is 0.507 e. The van der Waals surface area contributed by atoms with E-state index in [2.05, 4.69) is 4.98 Å². The van der Waals surface area contributed by atoms with Crippen LogP contribution in [0.15, 0.2) is 54.4 Å². The Morgan fingerprint density at radius 3 is 2.59 bits per heavy atom. The molecule has 0 saturated carbocycles. The molecular formula is C22H25N3O4. The van der Waals surface area contributed by atoms with Crippen LogP contribution in [-0.4, -0.2) is 65.4 Å². The molecule has 0 radical (unpaired) electrons. The second kappa shape index (κ2) is 8.87. The highest BCUT2D eigenvalue weighted by Gasteiger charge is 2.45. The highest BCUT2D eigenvalue weighted by molar-refractivity contribution is 6.46. The summed E-state index contributed by atoms with van der Waals surface area (Å²) in [5.41, 5.74) is 1.23. The monoisotopic (exact) mass is 395 g/mol. The van der Waals surface area contributed by atoms with Crippen LogP contribution in [0.5, 0.6) is 5.75 Å². The Balaban J connectivity index is 2.11. The van der Waals surface area contributed by atoms with Gasteiger partial charge in [0.1, 0.15) is 11.5 Å². The van der Waals surface area contributed by atoms with E-state index in [-0.39, 0.29) is 11.3 Å². The normalized spacial score (nSPS) is 18.5. The maximum atomic E-state index is 12.9. The molecule has 1 aromatic heterocycles. The highest BCUT2D eigenvalue weighted by Crippen LogP contribution is 2.39. The standard InChI is InChI=1S/C22H25N3O4/c1-4-29-17-7-5-6-16(14-17)20(26)18-19(15-8-10-23-11-9-15)25(13-12-24(2)3)22(28)21(18)27/h5-11,14,19,26H,4,12-13H2,1-3H3/t19-/m0/s1. The molecule has 1 N–H and O–H groups in total. The van der Waals surface area contributed by atoms with Gasteiger partial charge in [-0.2, -0.15) is 0 Å². The van der Waals surface area contributed by atoms with E-state index in [0.717, 1.165) is 5.56 Å². The van der Waals surface area contributed by atoms with Gasteiger partial charge in [-0.05, 0) is 50.8 Å². The number of likely N-dealkylation sites (N-methyl/N-ethyl adjacent to an activating group) is 1. The number of nitrogens with zero attached hydrogens (tertiary/aromatic N) is 3. The second-order valence-electron chi connectivity index (χ2n) is 7.04. The molecule has 3 rings (SSSR count). The van der Waals surface area contributed by atoms with E-state index in [1.54, 1.807) is 48.8 Å². The van der Waals surface area contributed by atoms with Gasteiger partial charge >= 0.3 is 0 Å². The lowest BCUT2D eigenvalue weighted by molar-refractivity contribution is -0.140. The number of aromatic nitrogens is 1. The van der Waals surface area contributed by atoms with Crippen molar-refractivity contribution in [3.8, 4) is 5.75 Å². The molecule has 152 valence electrons. The van der Waals surface area contributed by atoms with Gasteiger partial charge in [0, 0.05) is 31.0 Å². The number of carbonyl (C=O) groups is 2. The van der Waals surface area contributed by atoms with Gasteiger partial charge in [0.2, 0.25) is 0 Å². The number of rotatable bonds is 7. The molecule has 1 aliphatic heterocycles. The minimum Gasteiger partial charge on any atom is -0.507 e. The lowest BCUT2D eigenvalue weighted by Gasteiger charge is -2.26. The van der Waals surface area contributed by atoms with Gasteiger partial charge in [-0.15, -0.1) is 0 Å². The number of likely N-dealkylation sites (tertiary alicyclic amines) is 1. The number of benzene rings is 1. The summed E-state index contributed by atoms with van der Waals surface area (Å²) in [6.45, 7) is 3.30. The number of ether oxygens (including phenoxy) is 1. The number of aliphatic hydroxyl groups is 1. The summed E-state index contributed by atoms with van der Waals surface area (Å²) < 4.78 is 5.50. The summed E-state index contributed by atoms with van der Waals surface area (Å²) in [7, 11) is 3.80. The van der Waals surface area contributed by atoms with Crippen molar-refractivity contribution < 1.29 is 19.4 Å². The zero-order valence-electron chi connectivity index (χ0n) is 16.8. The van der Waals surface area contributed by atoms with Crippen molar-refractivity contribution in [2.75, 3.05) is 33.8 Å². The van der Waals surface area contributed by atoms with E-state index in [0.29, 0.717) is 31.0 Å². The molecule has 0 spiro atoms. The number of aliphatic hydroxyl groups excluding tert-OH is 1. The lowest BCUT2D eigenvalue weighted by Crippen LogP contribution is -2.35. The number of amides is 1. The first-order valence-electron chi connectivity index (χ1n) is 9.50. The van der Waals surface area contributed by atoms with E-state index in [1.165, 1.54) is 4.90 Å². The van der Waals surface area contributed by atoms with Crippen LogP contribution in [-0.2, 0) is 9.59 Å². The van der Waals surface area contributed by atoms with Crippen LogP contribution in [0.1, 0.15) is 24.1 Å². The molecule has 29 heavy (non-hydrogen) atoms. The van der Waals surface area contributed by atoms with Crippen molar-refractivity contribution >= 4 is 17.4 Å². The Morgan fingerprint density at radius 1 is 1.21 bits per heavy atom. The van der Waals surface area contributed by atoms with Crippen LogP contribution < -0.4 is 4.74 Å². The van der Waals surface area contributed by atoms with Crippen molar-refractivity contribution in [3.63, 3.8) is 0 Å². The number of pyridine rings is 1. The summed E-state index contributed by atoms with van der Waals surface area (Å²) in [6, 6.07) is 9.70. The summed E-state index contributed by atoms with van der Waals surface area (Å²) >= 11 is 0. The van der Waals surface area contributed by atoms with Gasteiger partial charge in [0.15, 0.2) is 0 Å². The van der Waals surface area contributed by atoms with Crippen LogP contribution >= 0.6 is 0 Å². The minimum atomic E-state index is -0.690. The molecule has 1 amide bonds. The van der Waals surface area contributed by atoms with Crippen LogP contribution in [0.25, 0.3) is 5.76 Å². The van der Waals surface area contributed by atoms with Gasteiger partial charge in [-0.1, -0.05) is 12.1 Å².